The Morgan fingerprint density at radius 2 is 1.82 bits per heavy atom. The van der Waals surface area contributed by atoms with Gasteiger partial charge in [-0.15, -0.1) is 0 Å². The van der Waals surface area contributed by atoms with Crippen LogP contribution < -0.4 is 0 Å². The maximum Gasteiger partial charge on any atom is 0.105 e. The standard InChI is InChI=1S/C16H22O/c1-12(2)11-16(3,17)15-9-8-13-6-4-5-7-14(13)10-15/h8-11,17H,4-7H2,1-3H3. The van der Waals surface area contributed by atoms with Crippen molar-refractivity contribution in [2.75, 3.05) is 0 Å². The predicted octanol–water partition coefficient (Wildman–Crippen LogP) is 3.74. The molecule has 0 radical (unpaired) electrons. The minimum atomic E-state index is -0.842. The number of hydrogen-bond acceptors (Lipinski definition) is 1. The maximum atomic E-state index is 10.5. The van der Waals surface area contributed by atoms with E-state index in [-0.39, 0.29) is 0 Å². The minimum absolute atomic E-state index is 0.842. The highest BCUT2D eigenvalue weighted by atomic mass is 16.3. The number of allylic oxidation sites excluding steroid dienone is 1. The summed E-state index contributed by atoms with van der Waals surface area (Å²) in [6.07, 6.45) is 6.87. The van der Waals surface area contributed by atoms with Crippen LogP contribution in [-0.4, -0.2) is 5.11 Å². The Morgan fingerprint density at radius 1 is 1.18 bits per heavy atom. The zero-order valence-corrected chi connectivity index (χ0v) is 11.1. The molecule has 1 aromatic carbocycles. The van der Waals surface area contributed by atoms with Gasteiger partial charge in [-0.1, -0.05) is 29.8 Å². The molecule has 1 atom stereocenters. The number of fused-ring (bicyclic) bond motifs is 1. The fraction of sp³-hybridized carbons (Fsp3) is 0.500. The molecule has 0 bridgehead atoms. The molecule has 1 aromatic rings. The van der Waals surface area contributed by atoms with Crippen molar-refractivity contribution >= 4 is 0 Å². The van der Waals surface area contributed by atoms with E-state index in [4.69, 9.17) is 0 Å². The van der Waals surface area contributed by atoms with Gasteiger partial charge in [-0.2, -0.15) is 0 Å². The van der Waals surface area contributed by atoms with Gasteiger partial charge in [0.1, 0.15) is 5.60 Å². The molecule has 0 saturated carbocycles. The molecule has 2 rings (SSSR count). The quantitative estimate of drug-likeness (QED) is 0.767. The highest BCUT2D eigenvalue weighted by molar-refractivity contribution is 5.38. The second-order valence-corrected chi connectivity index (χ2v) is 5.56. The monoisotopic (exact) mass is 230 g/mol. The Hall–Kier alpha value is -1.08. The molecule has 0 amide bonds. The molecule has 0 heterocycles. The molecule has 0 fully saturated rings. The van der Waals surface area contributed by atoms with Crippen LogP contribution in [0.3, 0.4) is 0 Å². The van der Waals surface area contributed by atoms with Gasteiger partial charge in [-0.25, -0.2) is 0 Å². The van der Waals surface area contributed by atoms with Crippen molar-refractivity contribution in [2.24, 2.45) is 0 Å². The predicted molar refractivity (Wildman–Crippen MR) is 72.1 cm³/mol. The molecule has 0 spiro atoms. The Labute approximate surface area is 104 Å². The van der Waals surface area contributed by atoms with E-state index in [0.717, 1.165) is 17.6 Å². The molecule has 1 unspecified atom stereocenters. The number of benzene rings is 1. The van der Waals surface area contributed by atoms with Gasteiger partial charge >= 0.3 is 0 Å². The van der Waals surface area contributed by atoms with E-state index in [1.54, 1.807) is 0 Å². The fourth-order valence-corrected chi connectivity index (χ4v) is 2.69. The largest absolute Gasteiger partial charge is 0.381 e. The number of aryl methyl sites for hydroxylation is 2. The average Bonchev–Trinajstić information content (AvgIpc) is 2.26. The first-order valence-electron chi connectivity index (χ1n) is 6.50. The zero-order valence-electron chi connectivity index (χ0n) is 11.1. The Morgan fingerprint density at radius 3 is 2.47 bits per heavy atom. The third-order valence-electron chi connectivity index (χ3n) is 3.50. The maximum absolute atomic E-state index is 10.5. The smallest absolute Gasteiger partial charge is 0.105 e. The van der Waals surface area contributed by atoms with Crippen LogP contribution in [0.1, 0.15) is 50.3 Å². The summed E-state index contributed by atoms with van der Waals surface area (Å²) in [4.78, 5) is 0. The van der Waals surface area contributed by atoms with E-state index in [1.165, 1.54) is 30.4 Å². The van der Waals surface area contributed by atoms with Gasteiger partial charge in [0, 0.05) is 0 Å². The van der Waals surface area contributed by atoms with Gasteiger partial charge in [0.25, 0.3) is 0 Å². The van der Waals surface area contributed by atoms with Crippen LogP contribution >= 0.6 is 0 Å². The Balaban J connectivity index is 2.37. The lowest BCUT2D eigenvalue weighted by Crippen LogP contribution is -2.19. The van der Waals surface area contributed by atoms with E-state index in [2.05, 4.69) is 18.2 Å². The summed E-state index contributed by atoms with van der Waals surface area (Å²) in [5.41, 5.74) is 4.21. The van der Waals surface area contributed by atoms with Crippen LogP contribution in [-0.2, 0) is 18.4 Å². The first kappa shape index (κ1) is 12.4. The molecular weight excluding hydrogens is 208 g/mol. The summed E-state index contributed by atoms with van der Waals surface area (Å²) >= 11 is 0. The highest BCUT2D eigenvalue weighted by Crippen LogP contribution is 2.29. The van der Waals surface area contributed by atoms with E-state index >= 15 is 0 Å². The van der Waals surface area contributed by atoms with Crippen molar-refractivity contribution in [3.05, 3.63) is 46.5 Å². The summed E-state index contributed by atoms with van der Waals surface area (Å²) in [5, 5.41) is 10.5. The molecule has 1 nitrogen and oxygen atoms in total. The lowest BCUT2D eigenvalue weighted by atomic mass is 9.86. The third-order valence-corrected chi connectivity index (χ3v) is 3.50. The number of hydrogen-bond donors (Lipinski definition) is 1. The van der Waals surface area contributed by atoms with Crippen LogP contribution in [0, 0.1) is 0 Å². The Bertz CT molecular complexity index is 437. The molecule has 0 aromatic heterocycles. The van der Waals surface area contributed by atoms with Crippen LogP contribution in [0.2, 0.25) is 0 Å². The summed E-state index contributed by atoms with van der Waals surface area (Å²) in [7, 11) is 0. The average molecular weight is 230 g/mol. The molecule has 92 valence electrons. The van der Waals surface area contributed by atoms with E-state index < -0.39 is 5.60 Å². The third kappa shape index (κ3) is 2.78. The molecule has 1 heteroatoms. The van der Waals surface area contributed by atoms with Crippen molar-refractivity contribution in [1.29, 1.82) is 0 Å². The van der Waals surface area contributed by atoms with Crippen molar-refractivity contribution in [1.82, 2.24) is 0 Å². The molecule has 1 aliphatic rings. The molecule has 1 N–H and O–H groups in total. The van der Waals surface area contributed by atoms with Crippen LogP contribution in [0.15, 0.2) is 29.8 Å². The molecular formula is C16H22O. The first-order chi connectivity index (χ1) is 7.99. The van der Waals surface area contributed by atoms with Crippen LogP contribution in [0.5, 0.6) is 0 Å². The lowest BCUT2D eigenvalue weighted by Gasteiger charge is -2.24. The Kier molecular flexibility index (Phi) is 3.39. The summed E-state index contributed by atoms with van der Waals surface area (Å²) in [6.45, 7) is 5.91. The normalized spacial score (nSPS) is 18.1. The highest BCUT2D eigenvalue weighted by Gasteiger charge is 2.21. The van der Waals surface area contributed by atoms with E-state index in [0.29, 0.717) is 0 Å². The van der Waals surface area contributed by atoms with Gasteiger partial charge < -0.3 is 5.11 Å². The molecule has 0 aliphatic heterocycles. The molecule has 17 heavy (non-hydrogen) atoms. The topological polar surface area (TPSA) is 20.2 Å². The lowest BCUT2D eigenvalue weighted by molar-refractivity contribution is 0.110. The first-order valence-corrected chi connectivity index (χ1v) is 6.50. The van der Waals surface area contributed by atoms with Gasteiger partial charge in [-0.3, -0.25) is 0 Å². The van der Waals surface area contributed by atoms with Crippen molar-refractivity contribution in [2.45, 2.75) is 52.1 Å². The summed E-state index contributed by atoms with van der Waals surface area (Å²) < 4.78 is 0. The fourth-order valence-electron chi connectivity index (χ4n) is 2.69. The van der Waals surface area contributed by atoms with Crippen LogP contribution in [0.25, 0.3) is 0 Å². The zero-order chi connectivity index (χ0) is 12.5. The SMILES string of the molecule is CC(C)=CC(C)(O)c1ccc2c(c1)CCCC2. The summed E-state index contributed by atoms with van der Waals surface area (Å²) in [5.74, 6) is 0. The van der Waals surface area contributed by atoms with E-state index in [9.17, 15) is 5.11 Å². The van der Waals surface area contributed by atoms with Gasteiger partial charge in [0.05, 0.1) is 0 Å². The van der Waals surface area contributed by atoms with Crippen molar-refractivity contribution in [3.8, 4) is 0 Å². The van der Waals surface area contributed by atoms with Crippen molar-refractivity contribution in [3.63, 3.8) is 0 Å². The number of aliphatic hydroxyl groups is 1. The summed E-state index contributed by atoms with van der Waals surface area (Å²) in [6, 6.07) is 6.45. The van der Waals surface area contributed by atoms with Crippen molar-refractivity contribution < 1.29 is 5.11 Å². The van der Waals surface area contributed by atoms with Gasteiger partial charge in [-0.05, 0) is 63.1 Å². The number of rotatable bonds is 2. The van der Waals surface area contributed by atoms with Gasteiger partial charge in [0.2, 0.25) is 0 Å². The van der Waals surface area contributed by atoms with Gasteiger partial charge in [0.15, 0.2) is 0 Å². The minimum Gasteiger partial charge on any atom is -0.381 e. The second kappa shape index (κ2) is 4.66. The second-order valence-electron chi connectivity index (χ2n) is 5.56. The van der Waals surface area contributed by atoms with Crippen LogP contribution in [0.4, 0.5) is 0 Å². The molecule has 1 aliphatic carbocycles. The molecule has 0 saturated heterocycles. The van der Waals surface area contributed by atoms with E-state index in [1.807, 2.05) is 26.8 Å².